The molecule has 5 heteroatoms. The molecule has 3 N–H and O–H groups in total. The fourth-order valence-corrected chi connectivity index (χ4v) is 3.23. The fourth-order valence-electron chi connectivity index (χ4n) is 3.23. The van der Waals surface area contributed by atoms with E-state index in [2.05, 4.69) is 5.43 Å². The number of nitrogens with one attached hydrogen (secondary N) is 1. The fraction of sp³-hybridized carbons (Fsp3) is 0.250. The molecule has 130 valence electrons. The van der Waals surface area contributed by atoms with Crippen LogP contribution in [0.2, 0.25) is 0 Å². The number of methoxy groups -OCH3 is 2. The first-order valence-electron chi connectivity index (χ1n) is 8.12. The Morgan fingerprint density at radius 3 is 2.52 bits per heavy atom. The number of benzene rings is 2. The number of nitrogens with two attached hydrogens (primary N) is 1. The smallest absolute Gasteiger partial charge is 0.244 e. The highest BCUT2D eigenvalue weighted by atomic mass is 16.5. The molecule has 0 heterocycles. The van der Waals surface area contributed by atoms with Crippen molar-refractivity contribution in [2.75, 3.05) is 14.2 Å². The van der Waals surface area contributed by atoms with Gasteiger partial charge in [0.15, 0.2) is 11.5 Å². The van der Waals surface area contributed by atoms with Crippen LogP contribution in [-0.4, -0.2) is 20.1 Å². The van der Waals surface area contributed by atoms with Gasteiger partial charge >= 0.3 is 0 Å². The van der Waals surface area contributed by atoms with Gasteiger partial charge in [0.25, 0.3) is 0 Å². The maximum Gasteiger partial charge on any atom is 0.244 e. The predicted octanol–water partition coefficient (Wildman–Crippen LogP) is 2.88. The maximum absolute atomic E-state index is 12.4. The van der Waals surface area contributed by atoms with Crippen LogP contribution in [0.1, 0.15) is 23.5 Å². The second-order valence-corrected chi connectivity index (χ2v) is 6.13. The first-order chi connectivity index (χ1) is 12.1. The second kappa shape index (κ2) is 6.99. The van der Waals surface area contributed by atoms with Crippen LogP contribution in [0.15, 0.2) is 54.6 Å². The molecular formula is C20H22N2O3. The zero-order chi connectivity index (χ0) is 17.9. The molecule has 1 saturated carbocycles. The summed E-state index contributed by atoms with van der Waals surface area (Å²) in [5, 5.41) is 0. The highest BCUT2D eigenvalue weighted by Crippen LogP contribution is 2.60. The molecule has 1 amide bonds. The molecule has 2 unspecified atom stereocenters. The van der Waals surface area contributed by atoms with Crippen LogP contribution < -0.4 is 20.7 Å². The molecule has 0 aliphatic heterocycles. The van der Waals surface area contributed by atoms with Gasteiger partial charge in [-0.25, -0.2) is 5.84 Å². The van der Waals surface area contributed by atoms with Crippen LogP contribution in [0, 0.1) is 5.41 Å². The van der Waals surface area contributed by atoms with Crippen molar-refractivity contribution in [1.29, 1.82) is 0 Å². The van der Waals surface area contributed by atoms with E-state index in [1.54, 1.807) is 14.2 Å². The summed E-state index contributed by atoms with van der Waals surface area (Å²) in [4.78, 5) is 12.4. The topological polar surface area (TPSA) is 73.6 Å². The molecule has 5 nitrogen and oxygen atoms in total. The number of hydrogen-bond donors (Lipinski definition) is 2. The summed E-state index contributed by atoms with van der Waals surface area (Å²) in [6.45, 7) is 0. The Labute approximate surface area is 147 Å². The van der Waals surface area contributed by atoms with Gasteiger partial charge < -0.3 is 9.47 Å². The third kappa shape index (κ3) is 3.23. The van der Waals surface area contributed by atoms with E-state index in [4.69, 9.17) is 15.3 Å². The molecule has 2 aromatic carbocycles. The lowest BCUT2D eigenvalue weighted by atomic mass is 9.96. The van der Waals surface area contributed by atoms with Crippen molar-refractivity contribution in [3.05, 3.63) is 65.7 Å². The highest BCUT2D eigenvalue weighted by Gasteiger charge is 2.58. The van der Waals surface area contributed by atoms with Crippen molar-refractivity contribution in [1.82, 2.24) is 5.43 Å². The van der Waals surface area contributed by atoms with Gasteiger partial charge in [0.05, 0.1) is 19.6 Å². The van der Waals surface area contributed by atoms with Gasteiger partial charge in [-0.15, -0.1) is 0 Å². The quantitative estimate of drug-likeness (QED) is 0.482. The molecule has 0 aromatic heterocycles. The van der Waals surface area contributed by atoms with Crippen molar-refractivity contribution in [3.8, 4) is 11.5 Å². The molecule has 25 heavy (non-hydrogen) atoms. The van der Waals surface area contributed by atoms with Crippen molar-refractivity contribution in [2.45, 2.75) is 12.3 Å². The van der Waals surface area contributed by atoms with Gasteiger partial charge in [-0.2, -0.15) is 0 Å². The molecule has 1 aliphatic carbocycles. The van der Waals surface area contributed by atoms with Crippen molar-refractivity contribution in [2.24, 2.45) is 11.3 Å². The Kier molecular flexibility index (Phi) is 4.76. The van der Waals surface area contributed by atoms with E-state index in [0.717, 1.165) is 17.5 Å². The predicted molar refractivity (Wildman–Crippen MR) is 97.1 cm³/mol. The number of amides is 1. The molecule has 1 aliphatic rings. The number of hydrogen-bond acceptors (Lipinski definition) is 4. The summed E-state index contributed by atoms with van der Waals surface area (Å²) >= 11 is 0. The van der Waals surface area contributed by atoms with Gasteiger partial charge in [0.2, 0.25) is 5.91 Å². The van der Waals surface area contributed by atoms with Crippen molar-refractivity contribution >= 4 is 12.0 Å². The zero-order valence-corrected chi connectivity index (χ0v) is 14.4. The van der Waals surface area contributed by atoms with Crippen molar-refractivity contribution < 1.29 is 14.3 Å². The van der Waals surface area contributed by atoms with Crippen LogP contribution in [0.3, 0.4) is 0 Å². The Bertz CT molecular complexity index is 789. The van der Waals surface area contributed by atoms with E-state index in [1.165, 1.54) is 0 Å². The Morgan fingerprint density at radius 2 is 1.88 bits per heavy atom. The number of hydrazine groups is 1. The van der Waals surface area contributed by atoms with Gasteiger partial charge in [0, 0.05) is 5.92 Å². The van der Waals surface area contributed by atoms with Gasteiger partial charge in [-0.05, 0) is 29.7 Å². The summed E-state index contributed by atoms with van der Waals surface area (Å²) in [5.41, 5.74) is 3.77. The summed E-state index contributed by atoms with van der Waals surface area (Å²) in [5.74, 6) is 6.71. The normalized spacial score (nSPS) is 21.8. The highest BCUT2D eigenvalue weighted by molar-refractivity contribution is 5.90. The third-order valence-corrected chi connectivity index (χ3v) is 4.74. The summed E-state index contributed by atoms with van der Waals surface area (Å²) in [6.07, 6.45) is 4.61. The Hall–Kier alpha value is -2.79. The lowest BCUT2D eigenvalue weighted by Crippen LogP contribution is -2.37. The molecule has 2 atom stereocenters. The maximum atomic E-state index is 12.4. The van der Waals surface area contributed by atoms with Gasteiger partial charge in [-0.3, -0.25) is 10.2 Å². The summed E-state index contributed by atoms with van der Waals surface area (Å²) in [7, 11) is 3.20. The lowest BCUT2D eigenvalue weighted by Gasteiger charge is -2.12. The number of rotatable bonds is 6. The summed E-state index contributed by atoms with van der Waals surface area (Å²) < 4.78 is 10.6. The second-order valence-electron chi connectivity index (χ2n) is 6.13. The number of ether oxygens (including phenoxy) is 2. The van der Waals surface area contributed by atoms with Crippen LogP contribution in [0.4, 0.5) is 0 Å². The van der Waals surface area contributed by atoms with E-state index < -0.39 is 5.41 Å². The molecule has 0 spiro atoms. The minimum Gasteiger partial charge on any atom is -0.493 e. The summed E-state index contributed by atoms with van der Waals surface area (Å²) in [6, 6.07) is 15.7. The standard InChI is InChI=1S/C20H22N2O3/c1-24-17-9-8-14(12-18(17)25-2)10-11-20(19(23)22-21)13-16(20)15-6-4-3-5-7-15/h3-12,16H,13,21H2,1-2H3,(H,22,23). The first-order valence-corrected chi connectivity index (χ1v) is 8.12. The van der Waals surface area contributed by atoms with Crippen LogP contribution in [0.25, 0.3) is 6.08 Å². The first kappa shape index (κ1) is 17.0. The Balaban J connectivity index is 1.88. The van der Waals surface area contributed by atoms with Gasteiger partial charge in [0.1, 0.15) is 0 Å². The van der Waals surface area contributed by atoms with Crippen LogP contribution in [-0.2, 0) is 4.79 Å². The van der Waals surface area contributed by atoms with Crippen LogP contribution >= 0.6 is 0 Å². The van der Waals surface area contributed by atoms with E-state index in [9.17, 15) is 4.79 Å². The molecule has 1 fully saturated rings. The van der Waals surface area contributed by atoms with E-state index in [0.29, 0.717) is 11.5 Å². The minimum absolute atomic E-state index is 0.133. The van der Waals surface area contributed by atoms with Crippen LogP contribution in [0.5, 0.6) is 11.5 Å². The molecule has 2 aromatic rings. The largest absolute Gasteiger partial charge is 0.493 e. The number of carbonyl (C=O) groups excluding carboxylic acids is 1. The zero-order valence-electron chi connectivity index (χ0n) is 14.4. The van der Waals surface area contributed by atoms with Crippen molar-refractivity contribution in [3.63, 3.8) is 0 Å². The number of carbonyl (C=O) groups is 1. The average molecular weight is 338 g/mol. The lowest BCUT2D eigenvalue weighted by molar-refractivity contribution is -0.124. The van der Waals surface area contributed by atoms with Gasteiger partial charge in [-0.1, -0.05) is 48.6 Å². The van der Waals surface area contributed by atoms with E-state index in [1.807, 2.05) is 60.7 Å². The monoisotopic (exact) mass is 338 g/mol. The van der Waals surface area contributed by atoms with E-state index >= 15 is 0 Å². The molecule has 0 bridgehead atoms. The SMILES string of the molecule is COc1ccc(C=CC2(C(=O)NN)CC2c2ccccc2)cc1OC. The average Bonchev–Trinajstić information content (AvgIpc) is 3.42. The molecule has 0 radical (unpaired) electrons. The minimum atomic E-state index is -0.608. The molecule has 3 rings (SSSR count). The molecule has 0 saturated heterocycles. The van der Waals surface area contributed by atoms with E-state index in [-0.39, 0.29) is 11.8 Å². The molecular weight excluding hydrogens is 316 g/mol. The Morgan fingerprint density at radius 1 is 1.16 bits per heavy atom. The third-order valence-electron chi connectivity index (χ3n) is 4.74.